The van der Waals surface area contributed by atoms with Crippen LogP contribution in [0, 0.1) is 11.7 Å². The van der Waals surface area contributed by atoms with E-state index in [9.17, 15) is 4.39 Å². The van der Waals surface area contributed by atoms with Gasteiger partial charge in [0.05, 0.1) is 0 Å². The first-order valence-corrected chi connectivity index (χ1v) is 6.10. The minimum absolute atomic E-state index is 0.0975. The molecule has 0 fully saturated rings. The average Bonchev–Trinajstić information content (AvgIpc) is 2.29. The molecule has 0 aliphatic heterocycles. The van der Waals surface area contributed by atoms with Gasteiger partial charge in [0.2, 0.25) is 0 Å². The van der Waals surface area contributed by atoms with Crippen molar-refractivity contribution < 1.29 is 4.39 Å². The van der Waals surface area contributed by atoms with Crippen molar-refractivity contribution in [3.63, 3.8) is 0 Å². The van der Waals surface area contributed by atoms with Crippen LogP contribution in [0.15, 0.2) is 24.3 Å². The molecule has 0 spiro atoms. The summed E-state index contributed by atoms with van der Waals surface area (Å²) in [4.78, 5) is 0. The minimum Gasteiger partial charge on any atom is -0.314 e. The number of halogens is 1. The van der Waals surface area contributed by atoms with Crippen LogP contribution in [-0.2, 0) is 6.42 Å². The van der Waals surface area contributed by atoms with Crippen molar-refractivity contribution in [3.8, 4) is 0 Å². The van der Waals surface area contributed by atoms with Crippen LogP contribution in [0.4, 0.5) is 4.39 Å². The molecule has 90 valence electrons. The van der Waals surface area contributed by atoms with Gasteiger partial charge in [0.15, 0.2) is 0 Å². The van der Waals surface area contributed by atoms with E-state index in [-0.39, 0.29) is 5.82 Å². The van der Waals surface area contributed by atoms with E-state index in [1.165, 1.54) is 12.5 Å². The van der Waals surface area contributed by atoms with Gasteiger partial charge in [0, 0.05) is 6.04 Å². The Kier molecular flexibility index (Phi) is 5.47. The molecule has 0 aliphatic rings. The maximum Gasteiger partial charge on any atom is 0.126 e. The second kappa shape index (κ2) is 6.64. The molecular weight excluding hydrogens is 201 g/mol. The van der Waals surface area contributed by atoms with Crippen molar-refractivity contribution in [1.29, 1.82) is 0 Å². The molecule has 2 atom stereocenters. The Bertz CT molecular complexity index is 311. The first-order chi connectivity index (χ1) is 7.63. The van der Waals surface area contributed by atoms with Crippen molar-refractivity contribution in [1.82, 2.24) is 5.32 Å². The van der Waals surface area contributed by atoms with Gasteiger partial charge in [-0.2, -0.15) is 0 Å². The fourth-order valence-electron chi connectivity index (χ4n) is 1.61. The van der Waals surface area contributed by atoms with Crippen LogP contribution in [0.1, 0.15) is 32.8 Å². The van der Waals surface area contributed by atoms with E-state index < -0.39 is 0 Å². The normalized spacial score (nSPS) is 14.8. The van der Waals surface area contributed by atoms with E-state index in [2.05, 4.69) is 26.1 Å². The molecule has 1 aromatic carbocycles. The van der Waals surface area contributed by atoms with E-state index in [0.717, 1.165) is 18.5 Å². The number of hydrogen-bond acceptors (Lipinski definition) is 1. The molecule has 1 N–H and O–H groups in total. The van der Waals surface area contributed by atoms with Gasteiger partial charge in [0.25, 0.3) is 0 Å². The summed E-state index contributed by atoms with van der Waals surface area (Å²) in [6.45, 7) is 7.53. The van der Waals surface area contributed by atoms with Gasteiger partial charge in [-0.3, -0.25) is 0 Å². The van der Waals surface area contributed by atoms with Gasteiger partial charge in [-0.1, -0.05) is 38.5 Å². The van der Waals surface area contributed by atoms with Gasteiger partial charge in [-0.15, -0.1) is 0 Å². The minimum atomic E-state index is -0.0975. The predicted octanol–water partition coefficient (Wildman–Crippen LogP) is 3.39. The number of benzene rings is 1. The van der Waals surface area contributed by atoms with E-state index in [1.54, 1.807) is 6.07 Å². The Labute approximate surface area is 98.1 Å². The van der Waals surface area contributed by atoms with Crippen LogP contribution in [0.3, 0.4) is 0 Å². The number of rotatable bonds is 6. The van der Waals surface area contributed by atoms with Crippen molar-refractivity contribution in [2.75, 3.05) is 6.54 Å². The molecule has 2 heteroatoms. The van der Waals surface area contributed by atoms with Crippen LogP contribution in [0.2, 0.25) is 0 Å². The van der Waals surface area contributed by atoms with E-state index in [0.29, 0.717) is 12.0 Å². The lowest BCUT2D eigenvalue weighted by Crippen LogP contribution is -2.32. The largest absolute Gasteiger partial charge is 0.314 e. The van der Waals surface area contributed by atoms with Gasteiger partial charge in [-0.25, -0.2) is 4.39 Å². The highest BCUT2D eigenvalue weighted by molar-refractivity contribution is 5.18. The molecule has 0 bridgehead atoms. The van der Waals surface area contributed by atoms with Gasteiger partial charge < -0.3 is 5.32 Å². The van der Waals surface area contributed by atoms with E-state index >= 15 is 0 Å². The highest BCUT2D eigenvalue weighted by atomic mass is 19.1. The van der Waals surface area contributed by atoms with Crippen molar-refractivity contribution in [2.24, 2.45) is 5.92 Å². The zero-order valence-electron chi connectivity index (χ0n) is 10.5. The Morgan fingerprint density at radius 2 is 1.94 bits per heavy atom. The molecular formula is C14H22FN. The smallest absolute Gasteiger partial charge is 0.126 e. The summed E-state index contributed by atoms with van der Waals surface area (Å²) in [6.07, 6.45) is 1.93. The van der Waals surface area contributed by atoms with Crippen molar-refractivity contribution in [3.05, 3.63) is 35.6 Å². The van der Waals surface area contributed by atoms with Crippen LogP contribution in [0.25, 0.3) is 0 Å². The first-order valence-electron chi connectivity index (χ1n) is 6.10. The molecule has 1 rings (SSSR count). The summed E-state index contributed by atoms with van der Waals surface area (Å²) >= 11 is 0. The maximum atomic E-state index is 13.4. The molecule has 0 heterocycles. The van der Waals surface area contributed by atoms with Crippen molar-refractivity contribution in [2.45, 2.75) is 39.7 Å². The van der Waals surface area contributed by atoms with Gasteiger partial charge in [-0.05, 0) is 37.4 Å². The zero-order chi connectivity index (χ0) is 12.0. The highest BCUT2D eigenvalue weighted by Crippen LogP contribution is 2.09. The fourth-order valence-corrected chi connectivity index (χ4v) is 1.61. The molecule has 0 amide bonds. The zero-order valence-corrected chi connectivity index (χ0v) is 10.5. The monoisotopic (exact) mass is 223 g/mol. The number of nitrogens with one attached hydrogen (secondary N) is 1. The third-order valence-corrected chi connectivity index (χ3v) is 3.00. The molecule has 16 heavy (non-hydrogen) atoms. The highest BCUT2D eigenvalue weighted by Gasteiger charge is 2.07. The molecule has 1 aromatic rings. The molecule has 0 saturated carbocycles. The van der Waals surface area contributed by atoms with Crippen LogP contribution in [-0.4, -0.2) is 12.6 Å². The lowest BCUT2D eigenvalue weighted by atomic mass is 10.1. The maximum absolute atomic E-state index is 13.4. The lowest BCUT2D eigenvalue weighted by Gasteiger charge is -2.17. The first kappa shape index (κ1) is 13.2. The molecule has 0 radical (unpaired) electrons. The van der Waals surface area contributed by atoms with E-state index in [1.807, 2.05) is 12.1 Å². The summed E-state index contributed by atoms with van der Waals surface area (Å²) in [5, 5.41) is 3.44. The molecule has 0 saturated heterocycles. The Morgan fingerprint density at radius 1 is 1.25 bits per heavy atom. The summed E-state index contributed by atoms with van der Waals surface area (Å²) in [5.41, 5.74) is 0.798. The lowest BCUT2D eigenvalue weighted by molar-refractivity contribution is 0.447. The van der Waals surface area contributed by atoms with Crippen LogP contribution >= 0.6 is 0 Å². The van der Waals surface area contributed by atoms with Gasteiger partial charge in [0.1, 0.15) is 5.82 Å². The quantitative estimate of drug-likeness (QED) is 0.779. The molecule has 0 aromatic heterocycles. The second-order valence-corrected chi connectivity index (χ2v) is 4.62. The summed E-state index contributed by atoms with van der Waals surface area (Å²) in [7, 11) is 0. The number of hydrogen-bond donors (Lipinski definition) is 1. The summed E-state index contributed by atoms with van der Waals surface area (Å²) in [5.74, 6) is 0.586. The average molecular weight is 223 g/mol. The van der Waals surface area contributed by atoms with E-state index in [4.69, 9.17) is 0 Å². The SMILES string of the molecule is CCC(C)CNC(C)Cc1ccccc1F. The standard InChI is InChI=1S/C14H22FN/c1-4-11(2)10-16-12(3)9-13-7-5-6-8-14(13)15/h5-8,11-12,16H,4,9-10H2,1-3H3. The molecule has 0 aliphatic carbocycles. The second-order valence-electron chi connectivity index (χ2n) is 4.62. The summed E-state index contributed by atoms with van der Waals surface area (Å²) in [6, 6.07) is 7.33. The Balaban J connectivity index is 2.40. The third kappa shape index (κ3) is 4.31. The molecule has 2 unspecified atom stereocenters. The fraction of sp³-hybridized carbons (Fsp3) is 0.571. The summed E-state index contributed by atoms with van der Waals surface area (Å²) < 4.78 is 13.4. The van der Waals surface area contributed by atoms with Crippen LogP contribution < -0.4 is 5.32 Å². The van der Waals surface area contributed by atoms with Gasteiger partial charge >= 0.3 is 0 Å². The topological polar surface area (TPSA) is 12.0 Å². The Morgan fingerprint density at radius 3 is 2.56 bits per heavy atom. The Hall–Kier alpha value is -0.890. The predicted molar refractivity (Wildman–Crippen MR) is 67.0 cm³/mol. The third-order valence-electron chi connectivity index (χ3n) is 3.00. The van der Waals surface area contributed by atoms with Crippen molar-refractivity contribution >= 4 is 0 Å². The van der Waals surface area contributed by atoms with Crippen LogP contribution in [0.5, 0.6) is 0 Å². The molecule has 1 nitrogen and oxygen atoms in total.